The number of methoxy groups -OCH3 is 3. The van der Waals surface area contributed by atoms with E-state index in [1.807, 2.05) is 110 Å². The molecule has 0 bridgehead atoms. The number of nitrogens with one attached hydrogen (secondary N) is 4. The van der Waals surface area contributed by atoms with Crippen molar-refractivity contribution in [3.63, 3.8) is 0 Å². The van der Waals surface area contributed by atoms with E-state index in [2.05, 4.69) is 64.5 Å². The maximum Gasteiger partial charge on any atom is 0.407 e. The number of halogens is 2. The number of imide groups is 2. The summed E-state index contributed by atoms with van der Waals surface area (Å²) in [6.45, 7) is 34.9. The number of fused-ring (bicyclic) bond motifs is 2. The second-order valence-corrected chi connectivity index (χ2v) is 30.5. The first-order chi connectivity index (χ1) is 66.9. The number of carboxylic acids is 1. The number of amides is 8. The van der Waals surface area contributed by atoms with Gasteiger partial charge in [-0.05, 0) is 164 Å². The minimum atomic E-state index is -2.34. The molecule has 0 aliphatic carbocycles. The van der Waals surface area contributed by atoms with Crippen molar-refractivity contribution >= 4 is 163 Å². The minimum absolute atomic E-state index is 0. The molecule has 0 aromatic heterocycles. The Kier molecular flexibility index (Phi) is 137. The predicted octanol–water partition coefficient (Wildman–Crippen LogP) is 16.5. The van der Waals surface area contributed by atoms with E-state index in [1.165, 1.54) is 114 Å². The fourth-order valence-electron chi connectivity index (χ4n) is 8.51. The molecule has 2 heterocycles. The van der Waals surface area contributed by atoms with Crippen LogP contribution in [0, 0.1) is 6.92 Å². The first-order valence-corrected chi connectivity index (χ1v) is 50.3. The molecule has 8 amide bonds. The third-order valence-corrected chi connectivity index (χ3v) is 19.1. The van der Waals surface area contributed by atoms with Crippen LogP contribution >= 0.6 is 23.2 Å². The van der Waals surface area contributed by atoms with E-state index in [0.717, 1.165) is 28.5 Å². The number of ether oxygens (including phenoxy) is 3. The van der Waals surface area contributed by atoms with Gasteiger partial charge in [0.15, 0.2) is 0 Å². The van der Waals surface area contributed by atoms with E-state index in [-0.39, 0.29) is 237 Å². The number of aliphatic carboxylic acids is 1. The summed E-state index contributed by atoms with van der Waals surface area (Å²) in [5.41, 5.74) is 15.5. The number of carboxylic acid groups (broad SMARTS) is 1. The molecule has 14 N–H and O–H groups in total. The number of alkyl carbamates (subject to hydrolysis) is 1. The van der Waals surface area contributed by atoms with Gasteiger partial charge in [0.05, 0.1) is 62.3 Å². The number of urea groups is 1. The maximum absolute atomic E-state index is 12.2. The van der Waals surface area contributed by atoms with Crippen LogP contribution in [0.5, 0.6) is 0 Å². The molecule has 830 valence electrons. The summed E-state index contributed by atoms with van der Waals surface area (Å²) in [5, 5.41) is 25.2. The summed E-state index contributed by atoms with van der Waals surface area (Å²) in [6.07, 6.45) is -0.120. The number of hydrazine groups is 1. The Hall–Kier alpha value is -7.60. The first kappa shape index (κ1) is 176. The molecule has 0 radical (unpaired) electrons. The van der Waals surface area contributed by atoms with Crippen molar-refractivity contribution in [3.05, 3.63) is 280 Å². The third-order valence-electron chi connectivity index (χ3n) is 14.2. The van der Waals surface area contributed by atoms with Gasteiger partial charge in [-0.3, -0.25) is 59.7 Å². The molecule has 2 aliphatic heterocycles. The molecule has 39 nitrogen and oxygen atoms in total. The Bertz CT molecular complexity index is 5560. The van der Waals surface area contributed by atoms with Crippen LogP contribution in [0.25, 0.3) is 0 Å². The van der Waals surface area contributed by atoms with Crippen molar-refractivity contribution in [2.45, 2.75) is 198 Å². The van der Waals surface area contributed by atoms with Crippen molar-refractivity contribution in [2.24, 2.45) is 23.2 Å². The van der Waals surface area contributed by atoms with Gasteiger partial charge in [-0.15, -0.1) is 0 Å². The second kappa shape index (κ2) is 115. The second-order valence-electron chi connectivity index (χ2n) is 23.2. The van der Waals surface area contributed by atoms with Gasteiger partial charge in [-0.2, -0.15) is 0 Å². The number of esters is 1. The number of aliphatic hydroxyl groups is 1. The van der Waals surface area contributed by atoms with Gasteiger partial charge in [0.25, 0.3) is 29.6 Å². The zero-order valence-corrected chi connectivity index (χ0v) is 113. The molecule has 148 heavy (non-hydrogen) atoms. The number of carbonyl (C=O) groups is 11. The molecule has 9 aromatic rings. The van der Waals surface area contributed by atoms with E-state index in [9.17, 15) is 107 Å². The van der Waals surface area contributed by atoms with Crippen LogP contribution in [0.15, 0.2) is 253 Å². The number of carbonyl (C=O) groups excluding carboxylic acids is 10. The number of hydrogen-bond donors (Lipinski definition) is 10. The van der Waals surface area contributed by atoms with E-state index in [0.29, 0.717) is 63.3 Å². The van der Waals surface area contributed by atoms with Crippen LogP contribution < -0.4 is 44.4 Å². The predicted molar refractivity (Wildman–Crippen MR) is 539 cm³/mol. The van der Waals surface area contributed by atoms with Crippen LogP contribution in [0.4, 0.5) is 14.4 Å². The van der Waals surface area contributed by atoms with Crippen molar-refractivity contribution in [1.29, 1.82) is 0 Å². The summed E-state index contributed by atoms with van der Waals surface area (Å²) in [6, 6.07) is 56.9. The number of primary amides is 1. The Labute approximate surface area is 991 Å². The van der Waals surface area contributed by atoms with Gasteiger partial charge in [0.2, 0.25) is 11.1 Å². The summed E-state index contributed by atoms with van der Waals surface area (Å²) < 4.78 is 160. The number of nitrogens with zero attached hydrogens (tertiary/aromatic N) is 1. The topological polar surface area (TPSA) is 656 Å². The Morgan fingerprint density at radius 2 is 0.716 bits per heavy atom. The summed E-state index contributed by atoms with van der Waals surface area (Å²) in [7, 11) is -8.11. The van der Waals surface area contributed by atoms with E-state index in [4.69, 9.17) is 32.3 Å². The van der Waals surface area contributed by atoms with Crippen molar-refractivity contribution in [1.82, 2.24) is 26.2 Å². The van der Waals surface area contributed by atoms with Crippen LogP contribution in [-0.4, -0.2) is 117 Å². The monoisotopic (exact) mass is 3430 g/mol. The molecule has 0 spiro atoms. The molecular weight excluding hydrogens is 3310 g/mol. The molecule has 9 aromatic carbocycles. The normalized spacial score (nSPS) is 9.52. The van der Waals surface area contributed by atoms with Crippen molar-refractivity contribution in [3.8, 4) is 0 Å². The summed E-state index contributed by atoms with van der Waals surface area (Å²) >= 11 is 7.18. The molecular formula is C93H128Cl2N9O30S7W7-7. The number of hydrogen-bond acceptors (Lipinski definition) is 38. The fraction of sp³-hybridized carbons (Fsp3) is 0.301. The van der Waals surface area contributed by atoms with Crippen LogP contribution in [0.3, 0.4) is 0 Å². The quantitative estimate of drug-likeness (QED) is 0.00591. The van der Waals surface area contributed by atoms with Crippen LogP contribution in [-0.2, 0) is 335 Å². The average Bonchev–Trinajstić information content (AvgIpc) is 1.63. The van der Waals surface area contributed by atoms with E-state index >= 15 is 0 Å². The van der Waals surface area contributed by atoms with Gasteiger partial charge < -0.3 is 107 Å². The SMILES string of the molecule is CC.CC.CC.CC.CC.CC.CC.CC(=O)NCc1cccc([S-](=O)=O)c1.CC(=O)O.CCC(=O)Cl.CNC(N)=O.COC(=O)Cl.COC(=O)NCc1cccc(S(=O)[O-])c1.COC(=O)c1cccc([S-](=O)=O)c1.Cc1cccc([S-](=O)=O)c1.NCc1cccc([S-](=O)=O)c1.NN.O=C1NC(=O)c2ccccc21.O=C1c2ccccc2C(=O)N1Cc1cccc([S-](=O)=O)c1.O=[S-](=O)c1cccc(CO)c1.[W].[W].[W].[W].[W].[W].[W]. The zero-order chi connectivity index (χ0) is 111. The Morgan fingerprint density at radius 3 is 1.01 bits per heavy atom. The molecule has 0 saturated carbocycles. The molecule has 1 unspecified atom stereocenters. The maximum atomic E-state index is 12.2. The largest absolute Gasteiger partial charge is 0.768 e. The average molecular weight is 3430 g/mol. The van der Waals surface area contributed by atoms with Crippen LogP contribution in [0.1, 0.15) is 209 Å². The smallest absolute Gasteiger partial charge is 0.407 e. The van der Waals surface area contributed by atoms with Crippen molar-refractivity contribution in [2.75, 3.05) is 28.4 Å². The molecule has 0 saturated heterocycles. The summed E-state index contributed by atoms with van der Waals surface area (Å²) in [4.78, 5) is 119. The Morgan fingerprint density at radius 1 is 0.432 bits per heavy atom. The molecule has 2 aliphatic rings. The zero-order valence-electron chi connectivity index (χ0n) is 85.1. The van der Waals surface area contributed by atoms with E-state index < -0.39 is 105 Å². The van der Waals surface area contributed by atoms with Gasteiger partial charge in [0, 0.05) is 211 Å². The molecule has 0 fully saturated rings. The van der Waals surface area contributed by atoms with E-state index in [1.54, 1.807) is 140 Å². The van der Waals surface area contributed by atoms with Gasteiger partial charge in [0.1, 0.15) is 0 Å². The molecule has 55 heteroatoms. The van der Waals surface area contributed by atoms with Crippen molar-refractivity contribution < 1.29 is 284 Å². The Balaban J connectivity index is -0.0000000919. The summed E-state index contributed by atoms with van der Waals surface area (Å²) in [5.74, 6) is 5.16. The molecule has 11 rings (SSSR count). The number of aryl methyl sites for hydroxylation is 1. The third kappa shape index (κ3) is 87.9. The number of rotatable bonds is 17. The van der Waals surface area contributed by atoms with Crippen LogP contribution in [0.2, 0.25) is 0 Å². The standard InChI is InChI=1S/C15H10NO4S.C9H11NO4S.C9H10NO3S.C8H5NO2.C8H7O4S.C7H8NO2S.C7H7O3S.C7H7O2S.C3H5ClO.C2H3ClO2.C2H6N2O.C2H4O2.7C2H6.H4N2.7W/c17-14-12-6-1-2-7-13(12)15(18)16(14)9-10-4-3-5-11(8-10)21(19)20;1-14-9(11)10-6-7-3-2-4-8(5-7)15(12)13;1-7(11)10-6-8-3-2-4-9(5-8)14(12)13;10-7-5-3-1-2-4-6(5)8(11)9-7;1-12-8(9)6-3-2-4-7(5-6)13(10)11;2*8-5-6-2-1-3-7(4-6)11(9)10;1-6-3-2-4-7(5-6)10(8)9;1-2-3(4)5;1-5-2(3)4;1-4-2(3)5;1-2(3)4;8*1-2;;;;;;;/h1-8H,9H2;2-5H,6H2,1H3,(H,10,11)(H,12,13);2-5H,6H2,1H3,(H,10,11);1-4H,(H,9,10,11);2-5H,1H3;1-4H,5,8H2;1-4,8H,5H2;2-5H,1H3;2H2,1H3;1H3;1H3,(H3,3,4,5);1H3,(H,3,4);7*1-2H3;1-2H2;;;;;;;/q-1;;-1;;4*-1;;;;;;;;;;;;;;;;;;;/p-1. The number of aliphatic hydroxyl groups excluding tert-OH is 1. The molecule has 1 atom stereocenters. The minimum Gasteiger partial charge on any atom is -0.768 e. The number of benzene rings is 9. The van der Waals surface area contributed by atoms with Gasteiger partial charge in [-0.1, -0.05) is 315 Å². The van der Waals surface area contributed by atoms with Gasteiger partial charge in [-0.25, -0.2) is 19.2 Å². The number of nitrogens with two attached hydrogens (primary N) is 4. The fourth-order valence-corrected chi connectivity index (χ4v) is 11.6. The first-order valence-electron chi connectivity index (χ1n) is 42.0. The van der Waals surface area contributed by atoms with Gasteiger partial charge >= 0.3 is 23.5 Å².